The van der Waals surface area contributed by atoms with Crippen LogP contribution in [0.2, 0.25) is 0 Å². The van der Waals surface area contributed by atoms with E-state index in [0.717, 1.165) is 22.0 Å². The second-order valence-corrected chi connectivity index (χ2v) is 6.99. The van der Waals surface area contributed by atoms with Gasteiger partial charge in [-0.15, -0.1) is 0 Å². The zero-order chi connectivity index (χ0) is 18.1. The number of thiazole rings is 1. The van der Waals surface area contributed by atoms with Gasteiger partial charge in [0.2, 0.25) is 0 Å². The number of anilines is 1. The number of fused-ring (bicyclic) bond motifs is 1. The van der Waals surface area contributed by atoms with Crippen molar-refractivity contribution in [2.75, 3.05) is 18.2 Å². The minimum absolute atomic E-state index is 0.0431. The van der Waals surface area contributed by atoms with E-state index in [1.807, 2.05) is 50.2 Å². The van der Waals surface area contributed by atoms with Crippen molar-refractivity contribution in [1.82, 2.24) is 4.57 Å². The Labute approximate surface area is 154 Å². The van der Waals surface area contributed by atoms with Gasteiger partial charge in [-0.1, -0.05) is 11.3 Å². The summed E-state index contributed by atoms with van der Waals surface area (Å²) >= 11 is 1.39. The van der Waals surface area contributed by atoms with E-state index in [0.29, 0.717) is 30.2 Å². The number of nitrogens with zero attached hydrogens (tertiary/aromatic N) is 3. The third kappa shape index (κ3) is 3.17. The minimum Gasteiger partial charge on any atom is -0.494 e. The molecule has 3 heterocycles. The molecule has 0 spiro atoms. The molecule has 0 bridgehead atoms. The molecule has 4 rings (SSSR count). The van der Waals surface area contributed by atoms with E-state index in [-0.39, 0.29) is 5.56 Å². The molecule has 2 aromatic heterocycles. The fourth-order valence-corrected chi connectivity index (χ4v) is 3.80. The van der Waals surface area contributed by atoms with Gasteiger partial charge < -0.3 is 14.1 Å². The van der Waals surface area contributed by atoms with Crippen LogP contribution in [0.1, 0.15) is 18.4 Å². The molecule has 0 saturated carbocycles. The van der Waals surface area contributed by atoms with Gasteiger partial charge in [0.05, 0.1) is 11.1 Å². The molecule has 0 atom stereocenters. The lowest BCUT2D eigenvalue weighted by atomic mass is 10.3. The lowest BCUT2D eigenvalue weighted by Gasteiger charge is -2.25. The summed E-state index contributed by atoms with van der Waals surface area (Å²) in [6.07, 6.45) is 1.78. The van der Waals surface area contributed by atoms with Gasteiger partial charge in [0.15, 0.2) is 4.80 Å². The lowest BCUT2D eigenvalue weighted by Crippen LogP contribution is -2.42. The van der Waals surface area contributed by atoms with Gasteiger partial charge in [-0.25, -0.2) is 4.99 Å². The average Bonchev–Trinajstić information content (AvgIpc) is 3.19. The van der Waals surface area contributed by atoms with Crippen LogP contribution in [0.15, 0.2) is 50.6 Å². The van der Waals surface area contributed by atoms with E-state index in [1.165, 1.54) is 11.3 Å². The Bertz CT molecular complexity index is 1090. The van der Waals surface area contributed by atoms with Crippen LogP contribution < -0.4 is 24.5 Å². The highest BCUT2D eigenvalue weighted by molar-refractivity contribution is 7.07. The van der Waals surface area contributed by atoms with Crippen molar-refractivity contribution in [3.63, 3.8) is 0 Å². The van der Waals surface area contributed by atoms with Crippen LogP contribution in [0.3, 0.4) is 0 Å². The molecule has 0 unspecified atom stereocenters. The van der Waals surface area contributed by atoms with Gasteiger partial charge in [-0.05, 0) is 50.2 Å². The number of furan rings is 1. The van der Waals surface area contributed by atoms with Crippen molar-refractivity contribution in [3.8, 4) is 5.75 Å². The second kappa shape index (κ2) is 6.84. The maximum Gasteiger partial charge on any atom is 0.271 e. The second-order valence-electron chi connectivity index (χ2n) is 5.98. The molecule has 0 aliphatic carbocycles. The molecule has 26 heavy (non-hydrogen) atoms. The highest BCUT2D eigenvalue weighted by Gasteiger charge is 2.16. The van der Waals surface area contributed by atoms with E-state index in [4.69, 9.17) is 9.15 Å². The zero-order valence-electron chi connectivity index (χ0n) is 14.6. The zero-order valence-corrected chi connectivity index (χ0v) is 15.5. The third-order valence-corrected chi connectivity index (χ3v) is 5.17. The van der Waals surface area contributed by atoms with Crippen LogP contribution in [-0.2, 0) is 6.67 Å². The molecule has 1 aliphatic heterocycles. The van der Waals surface area contributed by atoms with Crippen LogP contribution in [0.4, 0.5) is 5.69 Å². The van der Waals surface area contributed by atoms with Gasteiger partial charge >= 0.3 is 0 Å². The summed E-state index contributed by atoms with van der Waals surface area (Å²) < 4.78 is 13.4. The summed E-state index contributed by atoms with van der Waals surface area (Å²) in [6, 6.07) is 11.6. The van der Waals surface area contributed by atoms with Gasteiger partial charge in [0, 0.05) is 11.8 Å². The highest BCUT2D eigenvalue weighted by Crippen LogP contribution is 2.20. The monoisotopic (exact) mass is 369 g/mol. The Morgan fingerprint density at radius 3 is 2.77 bits per heavy atom. The van der Waals surface area contributed by atoms with Crippen molar-refractivity contribution >= 4 is 23.1 Å². The largest absolute Gasteiger partial charge is 0.494 e. The predicted molar refractivity (Wildman–Crippen MR) is 101 cm³/mol. The molecular weight excluding hydrogens is 350 g/mol. The summed E-state index contributed by atoms with van der Waals surface area (Å²) in [7, 11) is 0. The normalized spacial score (nSPS) is 14.2. The van der Waals surface area contributed by atoms with Crippen LogP contribution in [0.5, 0.6) is 5.75 Å². The van der Waals surface area contributed by atoms with Crippen LogP contribution >= 0.6 is 11.3 Å². The third-order valence-electron chi connectivity index (χ3n) is 4.12. The lowest BCUT2D eigenvalue weighted by molar-refractivity contribution is 0.340. The fourth-order valence-electron chi connectivity index (χ4n) is 2.86. The summed E-state index contributed by atoms with van der Waals surface area (Å²) in [5, 5.41) is 0. The molecule has 3 aromatic rings. The average molecular weight is 369 g/mol. The number of ether oxygens (including phenoxy) is 1. The van der Waals surface area contributed by atoms with E-state index in [9.17, 15) is 4.79 Å². The van der Waals surface area contributed by atoms with Crippen LogP contribution in [-0.4, -0.2) is 17.8 Å². The van der Waals surface area contributed by atoms with Crippen molar-refractivity contribution in [2.45, 2.75) is 20.5 Å². The van der Waals surface area contributed by atoms with Crippen molar-refractivity contribution in [2.24, 2.45) is 4.99 Å². The van der Waals surface area contributed by atoms with Gasteiger partial charge in [0.1, 0.15) is 30.6 Å². The molecule has 134 valence electrons. The van der Waals surface area contributed by atoms with Gasteiger partial charge in [0.25, 0.3) is 5.56 Å². The van der Waals surface area contributed by atoms with E-state index >= 15 is 0 Å². The Morgan fingerprint density at radius 1 is 1.27 bits per heavy atom. The summed E-state index contributed by atoms with van der Waals surface area (Å²) in [4.78, 5) is 20.1. The van der Waals surface area contributed by atoms with E-state index in [1.54, 1.807) is 10.6 Å². The number of aryl methyl sites for hydroxylation is 1. The number of hydrogen-bond donors (Lipinski definition) is 0. The standard InChI is InChI=1S/C19H19N3O3S/c1-3-24-15-8-5-14(6-9-15)21-11-20-19-22(12-21)18(23)17(26-19)10-16-7-4-13(2)25-16/h4-10H,3,11-12H2,1-2H3. The number of benzene rings is 1. The first-order chi connectivity index (χ1) is 12.6. The molecule has 1 aromatic carbocycles. The number of hydrogen-bond acceptors (Lipinski definition) is 6. The molecule has 0 saturated heterocycles. The maximum absolute atomic E-state index is 12.7. The Morgan fingerprint density at radius 2 is 2.08 bits per heavy atom. The first-order valence-electron chi connectivity index (χ1n) is 8.44. The molecule has 0 amide bonds. The Balaban J connectivity index is 1.63. The molecule has 1 aliphatic rings. The molecule has 7 heteroatoms. The van der Waals surface area contributed by atoms with E-state index in [2.05, 4.69) is 9.89 Å². The predicted octanol–water partition coefficient (Wildman–Crippen LogP) is 2.09. The Hall–Kier alpha value is -2.80. The fraction of sp³-hybridized carbons (Fsp3) is 0.263. The minimum atomic E-state index is -0.0431. The molecular formula is C19H19N3O3S. The summed E-state index contributed by atoms with van der Waals surface area (Å²) in [5.41, 5.74) is 0.964. The van der Waals surface area contributed by atoms with Gasteiger partial charge in [-0.2, -0.15) is 0 Å². The molecule has 0 fully saturated rings. The first kappa shape index (κ1) is 16.7. The van der Waals surface area contributed by atoms with Crippen LogP contribution in [0.25, 0.3) is 6.08 Å². The van der Waals surface area contributed by atoms with E-state index < -0.39 is 0 Å². The van der Waals surface area contributed by atoms with Gasteiger partial charge in [-0.3, -0.25) is 9.36 Å². The van der Waals surface area contributed by atoms with Crippen molar-refractivity contribution in [1.29, 1.82) is 0 Å². The molecule has 0 N–H and O–H groups in total. The first-order valence-corrected chi connectivity index (χ1v) is 9.26. The maximum atomic E-state index is 12.7. The quantitative estimate of drug-likeness (QED) is 0.707. The topological polar surface area (TPSA) is 60.0 Å². The smallest absolute Gasteiger partial charge is 0.271 e. The SMILES string of the molecule is CCOc1ccc(N2CN=c3sc(=Cc4ccc(C)o4)c(=O)n3C2)cc1. The van der Waals surface area contributed by atoms with Crippen molar-refractivity contribution < 1.29 is 9.15 Å². The van der Waals surface area contributed by atoms with Crippen molar-refractivity contribution in [3.05, 3.63) is 67.6 Å². The summed E-state index contributed by atoms with van der Waals surface area (Å²) in [6.45, 7) is 5.48. The molecule has 0 radical (unpaired) electrons. The summed E-state index contributed by atoms with van der Waals surface area (Å²) in [5.74, 6) is 2.34. The molecule has 6 nitrogen and oxygen atoms in total. The Kier molecular flexibility index (Phi) is 4.38. The number of rotatable bonds is 4. The highest BCUT2D eigenvalue weighted by atomic mass is 32.1. The number of aromatic nitrogens is 1. The van der Waals surface area contributed by atoms with Crippen LogP contribution in [0, 0.1) is 6.92 Å².